The molecule has 3 atom stereocenters. The molecule has 44 heavy (non-hydrogen) atoms. The Hall–Kier alpha value is -3.89. The topological polar surface area (TPSA) is 99.8 Å². The summed E-state index contributed by atoms with van der Waals surface area (Å²) in [6, 6.07) is 8.16. The molecule has 3 aliphatic heterocycles. The summed E-state index contributed by atoms with van der Waals surface area (Å²) in [5.41, 5.74) is 3.55. The number of hydrogen-bond donors (Lipinski definition) is 3. The predicted octanol–water partition coefficient (Wildman–Crippen LogP) is 4.08. The van der Waals surface area contributed by atoms with Gasteiger partial charge in [-0.1, -0.05) is 25.1 Å². The van der Waals surface area contributed by atoms with Crippen molar-refractivity contribution in [2.45, 2.75) is 57.0 Å². The van der Waals surface area contributed by atoms with Crippen molar-refractivity contribution in [3.05, 3.63) is 88.1 Å². The van der Waals surface area contributed by atoms with Gasteiger partial charge in [0.2, 0.25) is 17.7 Å². The number of benzene rings is 2. The molecule has 0 radical (unpaired) electrons. The SMILES string of the molecule is CC[C@H]1CC=CC2=C1NC(=O)C21Cc2ccc(NC(=O)CN3C(=O)C4(CCOCC4)NCC3c3cc(F)cc(F)c3)cc2C1. The fraction of sp³-hybridized carbons (Fsp3) is 0.441. The number of carbonyl (C=O) groups is 3. The largest absolute Gasteiger partial charge is 0.381 e. The third-order valence-corrected chi connectivity index (χ3v) is 10.2. The number of nitrogens with zero attached hydrogens (tertiary/aromatic N) is 1. The lowest BCUT2D eigenvalue weighted by molar-refractivity contribution is -0.152. The molecule has 7 rings (SSSR count). The van der Waals surface area contributed by atoms with Gasteiger partial charge in [0, 0.05) is 43.1 Å². The van der Waals surface area contributed by atoms with Gasteiger partial charge < -0.3 is 25.6 Å². The molecule has 2 fully saturated rings. The molecule has 0 aromatic heterocycles. The van der Waals surface area contributed by atoms with Crippen LogP contribution in [0.2, 0.25) is 0 Å². The number of ether oxygens (including phenoxy) is 1. The first-order valence-electron chi connectivity index (χ1n) is 15.5. The number of halogens is 2. The Balaban J connectivity index is 1.11. The van der Waals surface area contributed by atoms with Crippen molar-refractivity contribution in [1.82, 2.24) is 15.5 Å². The monoisotopic (exact) mass is 602 g/mol. The minimum atomic E-state index is -0.886. The van der Waals surface area contributed by atoms with Gasteiger partial charge in [-0.15, -0.1) is 0 Å². The van der Waals surface area contributed by atoms with E-state index in [0.29, 0.717) is 50.5 Å². The molecule has 0 bridgehead atoms. The summed E-state index contributed by atoms with van der Waals surface area (Å²) >= 11 is 0. The molecule has 2 aromatic rings. The number of anilines is 1. The molecule has 0 saturated carbocycles. The summed E-state index contributed by atoms with van der Waals surface area (Å²) < 4.78 is 33.9. The van der Waals surface area contributed by atoms with Crippen LogP contribution in [0.15, 0.2) is 59.8 Å². The van der Waals surface area contributed by atoms with Crippen LogP contribution in [0.25, 0.3) is 0 Å². The highest BCUT2D eigenvalue weighted by Crippen LogP contribution is 2.50. The molecule has 2 aliphatic carbocycles. The summed E-state index contributed by atoms with van der Waals surface area (Å²) in [5, 5.41) is 9.45. The van der Waals surface area contributed by atoms with Crippen LogP contribution in [0.1, 0.15) is 55.3 Å². The molecule has 3 N–H and O–H groups in total. The van der Waals surface area contributed by atoms with E-state index < -0.39 is 34.5 Å². The second-order valence-electron chi connectivity index (χ2n) is 12.7. The quantitative estimate of drug-likeness (QED) is 0.479. The normalized spacial score (nSPS) is 27.1. The Labute approximate surface area is 254 Å². The predicted molar refractivity (Wildman–Crippen MR) is 159 cm³/mol. The lowest BCUT2D eigenvalue weighted by atomic mass is 9.75. The number of piperazine rings is 1. The van der Waals surface area contributed by atoms with E-state index in [1.807, 2.05) is 18.2 Å². The van der Waals surface area contributed by atoms with Gasteiger partial charge in [0.1, 0.15) is 23.7 Å². The average molecular weight is 603 g/mol. The van der Waals surface area contributed by atoms with Crippen LogP contribution in [0.5, 0.6) is 0 Å². The van der Waals surface area contributed by atoms with Gasteiger partial charge in [0.05, 0.1) is 11.5 Å². The van der Waals surface area contributed by atoms with Gasteiger partial charge in [-0.2, -0.15) is 0 Å². The molecule has 3 heterocycles. The second-order valence-corrected chi connectivity index (χ2v) is 12.7. The van der Waals surface area contributed by atoms with Crippen molar-refractivity contribution in [1.29, 1.82) is 0 Å². The minimum absolute atomic E-state index is 0.0355. The average Bonchev–Trinajstić information content (AvgIpc) is 3.52. The summed E-state index contributed by atoms with van der Waals surface area (Å²) in [7, 11) is 0. The number of amides is 3. The molecule has 2 unspecified atom stereocenters. The van der Waals surface area contributed by atoms with Crippen LogP contribution < -0.4 is 16.0 Å². The van der Waals surface area contributed by atoms with E-state index in [2.05, 4.69) is 35.0 Å². The van der Waals surface area contributed by atoms with E-state index in [1.54, 1.807) is 0 Å². The molecular weight excluding hydrogens is 566 g/mol. The van der Waals surface area contributed by atoms with E-state index in [-0.39, 0.29) is 30.5 Å². The van der Waals surface area contributed by atoms with Crippen molar-refractivity contribution < 1.29 is 27.9 Å². The zero-order chi connectivity index (χ0) is 30.6. The van der Waals surface area contributed by atoms with Gasteiger partial charge in [0.25, 0.3) is 0 Å². The molecule has 230 valence electrons. The van der Waals surface area contributed by atoms with Gasteiger partial charge in [-0.25, -0.2) is 8.78 Å². The van der Waals surface area contributed by atoms with Gasteiger partial charge in [0.15, 0.2) is 0 Å². The summed E-state index contributed by atoms with van der Waals surface area (Å²) in [6.07, 6.45) is 8.19. The Bertz CT molecular complexity index is 1590. The number of carbonyl (C=O) groups excluding carboxylic acids is 3. The van der Waals surface area contributed by atoms with E-state index >= 15 is 0 Å². The number of hydrogen-bond acceptors (Lipinski definition) is 5. The first kappa shape index (κ1) is 28.9. The van der Waals surface area contributed by atoms with Gasteiger partial charge in [-0.05, 0) is 85.1 Å². The first-order valence-corrected chi connectivity index (χ1v) is 15.5. The molecule has 2 aromatic carbocycles. The summed E-state index contributed by atoms with van der Waals surface area (Å²) in [5.74, 6) is -1.83. The maximum atomic E-state index is 14.2. The molecule has 8 nitrogen and oxygen atoms in total. The van der Waals surface area contributed by atoms with Crippen molar-refractivity contribution in [2.75, 3.05) is 31.6 Å². The minimum Gasteiger partial charge on any atom is -0.381 e. The summed E-state index contributed by atoms with van der Waals surface area (Å²) in [6.45, 7) is 2.91. The van der Waals surface area contributed by atoms with Crippen molar-refractivity contribution in [2.24, 2.45) is 11.3 Å². The number of nitrogens with one attached hydrogen (secondary N) is 3. The highest BCUT2D eigenvalue weighted by molar-refractivity contribution is 5.97. The Morgan fingerprint density at radius 1 is 1.07 bits per heavy atom. The Morgan fingerprint density at radius 2 is 1.82 bits per heavy atom. The van der Waals surface area contributed by atoms with Crippen molar-refractivity contribution in [3.63, 3.8) is 0 Å². The van der Waals surface area contributed by atoms with Crippen LogP contribution in [0.4, 0.5) is 14.5 Å². The highest BCUT2D eigenvalue weighted by Gasteiger charge is 2.53. The lowest BCUT2D eigenvalue weighted by Crippen LogP contribution is -2.67. The number of fused-ring (bicyclic) bond motifs is 2. The van der Waals surface area contributed by atoms with Crippen LogP contribution in [-0.2, 0) is 32.0 Å². The Kier molecular flexibility index (Phi) is 7.16. The molecule has 5 aliphatic rings. The molecule has 3 amide bonds. The summed E-state index contributed by atoms with van der Waals surface area (Å²) in [4.78, 5) is 42.2. The van der Waals surface area contributed by atoms with Crippen LogP contribution in [0, 0.1) is 23.0 Å². The maximum absolute atomic E-state index is 14.2. The van der Waals surface area contributed by atoms with Crippen molar-refractivity contribution in [3.8, 4) is 0 Å². The van der Waals surface area contributed by atoms with Crippen LogP contribution in [-0.4, -0.2) is 54.5 Å². The van der Waals surface area contributed by atoms with E-state index in [9.17, 15) is 23.2 Å². The van der Waals surface area contributed by atoms with E-state index in [4.69, 9.17) is 4.74 Å². The molecular formula is C34H36F2N4O4. The maximum Gasteiger partial charge on any atom is 0.244 e. The lowest BCUT2D eigenvalue weighted by Gasteiger charge is -2.48. The van der Waals surface area contributed by atoms with Crippen molar-refractivity contribution >= 4 is 23.4 Å². The van der Waals surface area contributed by atoms with E-state index in [0.717, 1.165) is 41.3 Å². The standard InChI is InChI=1S/C34H36F2N4O4/c1-2-20-4-3-5-27-30(20)39-31(42)33(27)16-21-6-7-26(14-23(21)17-33)38-29(41)19-40-28(22-12-24(35)15-25(36)13-22)18-37-34(32(40)43)8-10-44-11-9-34/h3,5-7,12-15,20,28,37H,2,4,8-11,16-19H2,1H3,(H,38,41)(H,39,42)/t20-,28?,33?/m0/s1. The smallest absolute Gasteiger partial charge is 0.244 e. The van der Waals surface area contributed by atoms with Crippen LogP contribution >= 0.6 is 0 Å². The molecule has 2 saturated heterocycles. The van der Waals surface area contributed by atoms with Crippen LogP contribution in [0.3, 0.4) is 0 Å². The third kappa shape index (κ3) is 4.75. The second kappa shape index (κ2) is 10.9. The number of rotatable bonds is 5. The zero-order valence-electron chi connectivity index (χ0n) is 24.7. The number of allylic oxidation sites excluding steroid dienone is 3. The third-order valence-electron chi connectivity index (χ3n) is 10.2. The first-order chi connectivity index (χ1) is 21.2. The fourth-order valence-electron chi connectivity index (χ4n) is 7.81. The molecule has 10 heteroatoms. The van der Waals surface area contributed by atoms with Gasteiger partial charge >= 0.3 is 0 Å². The fourth-order valence-corrected chi connectivity index (χ4v) is 7.81. The zero-order valence-corrected chi connectivity index (χ0v) is 24.7. The van der Waals surface area contributed by atoms with E-state index in [1.165, 1.54) is 17.0 Å². The Morgan fingerprint density at radius 3 is 2.57 bits per heavy atom. The highest BCUT2D eigenvalue weighted by atomic mass is 19.1. The molecule has 2 spiro atoms. The van der Waals surface area contributed by atoms with Gasteiger partial charge in [-0.3, -0.25) is 14.4 Å².